The number of hydrogen-bond acceptors (Lipinski definition) is 1. The van der Waals surface area contributed by atoms with E-state index in [0.717, 1.165) is 12.8 Å². The van der Waals surface area contributed by atoms with Crippen LogP contribution in [0.2, 0.25) is 0 Å². The van der Waals surface area contributed by atoms with Gasteiger partial charge in [0.15, 0.2) is 0 Å². The van der Waals surface area contributed by atoms with Crippen molar-refractivity contribution in [1.82, 2.24) is 0 Å². The van der Waals surface area contributed by atoms with Crippen molar-refractivity contribution in [2.75, 3.05) is 7.11 Å². The van der Waals surface area contributed by atoms with Gasteiger partial charge in [0.05, 0.1) is 12.5 Å². The van der Waals surface area contributed by atoms with Crippen molar-refractivity contribution >= 4 is 11.6 Å². The number of ether oxygens (including phenoxy) is 1. The molecule has 2 aromatic rings. The van der Waals surface area contributed by atoms with Crippen LogP contribution in [0, 0.1) is 17.6 Å². The van der Waals surface area contributed by atoms with E-state index in [2.05, 4.69) is 0 Å². The quantitative estimate of drug-likeness (QED) is 0.749. The van der Waals surface area contributed by atoms with Crippen molar-refractivity contribution in [3.8, 4) is 5.75 Å². The minimum atomic E-state index is -0.691. The molecule has 0 aliphatic heterocycles. The number of fused-ring (bicyclic) bond motifs is 1. The van der Waals surface area contributed by atoms with Gasteiger partial charge in [0.1, 0.15) is 17.4 Å². The first-order chi connectivity index (χ1) is 10.1. The lowest BCUT2D eigenvalue weighted by atomic mass is 9.95. The van der Waals surface area contributed by atoms with Gasteiger partial charge in [0.25, 0.3) is 0 Å². The fourth-order valence-corrected chi connectivity index (χ4v) is 3.36. The van der Waals surface area contributed by atoms with Crippen LogP contribution in [0.15, 0.2) is 36.4 Å². The number of halogens is 3. The number of alkyl halides is 1. The molecule has 21 heavy (non-hydrogen) atoms. The predicted octanol–water partition coefficient (Wildman–Crippen LogP) is 4.67. The molecule has 0 amide bonds. The highest BCUT2D eigenvalue weighted by Crippen LogP contribution is 2.41. The van der Waals surface area contributed by atoms with Crippen LogP contribution in [0.5, 0.6) is 5.75 Å². The van der Waals surface area contributed by atoms with Crippen LogP contribution in [0.4, 0.5) is 8.78 Å². The van der Waals surface area contributed by atoms with Crippen LogP contribution in [-0.4, -0.2) is 7.11 Å². The molecule has 4 heteroatoms. The summed E-state index contributed by atoms with van der Waals surface area (Å²) in [6.45, 7) is 0. The molecule has 110 valence electrons. The molecular formula is C17H15ClF2O. The fraction of sp³-hybridized carbons (Fsp3) is 0.294. The molecule has 1 aliphatic rings. The zero-order valence-corrected chi connectivity index (χ0v) is 12.3. The summed E-state index contributed by atoms with van der Waals surface area (Å²) < 4.78 is 33.1. The van der Waals surface area contributed by atoms with Gasteiger partial charge in [-0.25, -0.2) is 8.78 Å². The van der Waals surface area contributed by atoms with Gasteiger partial charge < -0.3 is 4.74 Å². The summed E-state index contributed by atoms with van der Waals surface area (Å²) in [7, 11) is 1.37. The highest BCUT2D eigenvalue weighted by atomic mass is 35.5. The van der Waals surface area contributed by atoms with Crippen molar-refractivity contribution in [3.63, 3.8) is 0 Å². The number of rotatable bonds is 3. The van der Waals surface area contributed by atoms with Gasteiger partial charge in [0.2, 0.25) is 0 Å². The van der Waals surface area contributed by atoms with Crippen LogP contribution in [-0.2, 0) is 12.8 Å². The van der Waals surface area contributed by atoms with Crippen LogP contribution >= 0.6 is 11.6 Å². The van der Waals surface area contributed by atoms with Gasteiger partial charge in [-0.1, -0.05) is 24.3 Å². The normalized spacial score (nSPS) is 15.8. The molecule has 0 N–H and O–H groups in total. The van der Waals surface area contributed by atoms with Crippen LogP contribution in [0.25, 0.3) is 0 Å². The average Bonchev–Trinajstić information content (AvgIpc) is 2.90. The monoisotopic (exact) mass is 308 g/mol. The standard InChI is InChI=1S/C17H15ClF2O/c1-21-13-8-14(19)16(15(20)9-13)17(18)12-6-10-4-2-3-5-11(10)7-12/h2-5,8-9,12,17H,6-7H2,1H3. The minimum absolute atomic E-state index is 0.00135. The molecule has 0 saturated carbocycles. The first-order valence-corrected chi connectivity index (χ1v) is 7.27. The van der Waals surface area contributed by atoms with Crippen molar-refractivity contribution in [3.05, 3.63) is 64.7 Å². The topological polar surface area (TPSA) is 9.23 Å². The van der Waals surface area contributed by atoms with E-state index in [-0.39, 0.29) is 17.2 Å². The molecule has 1 aliphatic carbocycles. The Morgan fingerprint density at radius 2 is 1.62 bits per heavy atom. The fourth-order valence-electron chi connectivity index (χ4n) is 2.98. The summed E-state index contributed by atoms with van der Waals surface area (Å²) in [6.07, 6.45) is 1.49. The van der Waals surface area contributed by atoms with Crippen LogP contribution in [0.3, 0.4) is 0 Å². The Bertz CT molecular complexity index is 624. The zero-order chi connectivity index (χ0) is 15.0. The third-order valence-corrected chi connectivity index (χ3v) is 4.64. The van der Waals surface area contributed by atoms with Crippen molar-refractivity contribution < 1.29 is 13.5 Å². The molecule has 1 nitrogen and oxygen atoms in total. The second-order valence-corrected chi connectivity index (χ2v) is 5.81. The van der Waals surface area contributed by atoms with Gasteiger partial charge in [0, 0.05) is 17.7 Å². The van der Waals surface area contributed by atoms with Crippen molar-refractivity contribution in [1.29, 1.82) is 0 Å². The summed E-state index contributed by atoms with van der Waals surface area (Å²) >= 11 is 6.39. The second-order valence-electron chi connectivity index (χ2n) is 5.34. The summed E-state index contributed by atoms with van der Waals surface area (Å²) in [5, 5.41) is -0.691. The van der Waals surface area contributed by atoms with Gasteiger partial charge in [-0.15, -0.1) is 11.6 Å². The van der Waals surface area contributed by atoms with Gasteiger partial charge in [-0.05, 0) is 29.9 Å². The predicted molar refractivity (Wildman–Crippen MR) is 78.8 cm³/mol. The molecule has 0 radical (unpaired) electrons. The molecule has 3 rings (SSSR count). The highest BCUT2D eigenvalue weighted by molar-refractivity contribution is 6.21. The third-order valence-electron chi connectivity index (χ3n) is 4.06. The lowest BCUT2D eigenvalue weighted by Gasteiger charge is -2.19. The zero-order valence-electron chi connectivity index (χ0n) is 11.6. The summed E-state index contributed by atoms with van der Waals surface area (Å²) in [4.78, 5) is 0. The molecule has 0 bridgehead atoms. The van der Waals surface area contributed by atoms with Gasteiger partial charge >= 0.3 is 0 Å². The van der Waals surface area contributed by atoms with E-state index >= 15 is 0 Å². The Kier molecular flexibility index (Phi) is 3.85. The van der Waals surface area contributed by atoms with Crippen molar-refractivity contribution in [2.45, 2.75) is 18.2 Å². The molecular weight excluding hydrogens is 294 g/mol. The molecule has 0 saturated heterocycles. The Balaban J connectivity index is 1.89. The summed E-state index contributed by atoms with van der Waals surface area (Å²) in [5.41, 5.74) is 2.36. The maximum absolute atomic E-state index is 14.1. The number of methoxy groups -OCH3 is 1. The summed E-state index contributed by atoms with van der Waals surface area (Å²) in [5.74, 6) is -1.14. The van der Waals surface area contributed by atoms with E-state index in [1.165, 1.54) is 30.4 Å². The minimum Gasteiger partial charge on any atom is -0.497 e. The van der Waals surface area contributed by atoms with E-state index in [4.69, 9.17) is 16.3 Å². The third kappa shape index (κ3) is 2.62. The maximum Gasteiger partial charge on any atom is 0.134 e. The number of benzene rings is 2. The van der Waals surface area contributed by atoms with Crippen LogP contribution < -0.4 is 4.74 Å². The largest absolute Gasteiger partial charge is 0.497 e. The Morgan fingerprint density at radius 1 is 1.10 bits per heavy atom. The van der Waals surface area contributed by atoms with E-state index in [1.807, 2.05) is 24.3 Å². The molecule has 0 aromatic heterocycles. The number of hydrogen-bond donors (Lipinski definition) is 0. The molecule has 0 heterocycles. The summed E-state index contributed by atoms with van der Waals surface area (Å²) in [6, 6.07) is 10.4. The molecule has 0 spiro atoms. The lowest BCUT2D eigenvalue weighted by Crippen LogP contribution is -2.12. The smallest absolute Gasteiger partial charge is 0.134 e. The highest BCUT2D eigenvalue weighted by Gasteiger charge is 2.32. The van der Waals surface area contributed by atoms with E-state index in [0.29, 0.717) is 0 Å². The van der Waals surface area contributed by atoms with Gasteiger partial charge in [-0.2, -0.15) is 0 Å². The first-order valence-electron chi connectivity index (χ1n) is 6.84. The van der Waals surface area contributed by atoms with E-state index in [9.17, 15) is 8.78 Å². The van der Waals surface area contributed by atoms with E-state index < -0.39 is 17.0 Å². The van der Waals surface area contributed by atoms with Crippen molar-refractivity contribution in [2.24, 2.45) is 5.92 Å². The molecule has 2 aromatic carbocycles. The van der Waals surface area contributed by atoms with E-state index in [1.54, 1.807) is 0 Å². The maximum atomic E-state index is 14.1. The Morgan fingerprint density at radius 3 is 2.10 bits per heavy atom. The first kappa shape index (κ1) is 14.3. The molecule has 1 unspecified atom stereocenters. The molecule has 0 fully saturated rings. The average molecular weight is 309 g/mol. The SMILES string of the molecule is COc1cc(F)c(C(Cl)C2Cc3ccccc3C2)c(F)c1. The Labute approximate surface area is 127 Å². The second kappa shape index (κ2) is 5.64. The molecule has 1 atom stereocenters. The lowest BCUT2D eigenvalue weighted by molar-refractivity contribution is 0.402. The Hall–Kier alpha value is -1.61. The van der Waals surface area contributed by atoms with Gasteiger partial charge in [-0.3, -0.25) is 0 Å². The van der Waals surface area contributed by atoms with Crippen LogP contribution in [0.1, 0.15) is 22.1 Å².